The number of amides is 6. The molecular formula is C47H53ClF2N8O11. The molecular weight excluding hydrogens is 926 g/mol. The van der Waals surface area contributed by atoms with E-state index in [9.17, 15) is 33.9 Å². The molecule has 0 bridgehead atoms. The molecule has 368 valence electrons. The number of nitrogens with zero attached hydrogens (tertiary/aromatic N) is 6. The van der Waals surface area contributed by atoms with Gasteiger partial charge in [0.25, 0.3) is 11.8 Å². The summed E-state index contributed by atoms with van der Waals surface area (Å²) in [6.07, 6.45) is 2.67. The monoisotopic (exact) mass is 978 g/mol. The molecule has 22 heteroatoms. The van der Waals surface area contributed by atoms with Crippen LogP contribution in [0.4, 0.5) is 20.5 Å². The summed E-state index contributed by atoms with van der Waals surface area (Å²) < 4.78 is 54.2. The molecule has 0 saturated carbocycles. The molecule has 0 radical (unpaired) electrons. The van der Waals surface area contributed by atoms with Crippen LogP contribution in [-0.4, -0.2) is 170 Å². The van der Waals surface area contributed by atoms with Crippen LogP contribution in [0, 0.1) is 11.7 Å². The van der Waals surface area contributed by atoms with Gasteiger partial charge < -0.3 is 44.1 Å². The minimum Gasteiger partial charge on any atom is -0.491 e. The Bertz CT molecular complexity index is 2570. The molecule has 3 aliphatic heterocycles. The Morgan fingerprint density at radius 2 is 1.65 bits per heavy atom. The van der Waals surface area contributed by atoms with Crippen LogP contribution in [0.2, 0.25) is 5.02 Å². The van der Waals surface area contributed by atoms with Crippen molar-refractivity contribution < 1.29 is 61.6 Å². The molecule has 4 heterocycles. The first kappa shape index (κ1) is 50.5. The number of piperidine rings is 1. The van der Waals surface area contributed by atoms with E-state index >= 15 is 8.78 Å². The molecule has 4 aliphatic rings. The summed E-state index contributed by atoms with van der Waals surface area (Å²) in [6, 6.07) is 4.86. The van der Waals surface area contributed by atoms with E-state index in [4.69, 9.17) is 30.5 Å². The Morgan fingerprint density at radius 1 is 0.971 bits per heavy atom. The zero-order chi connectivity index (χ0) is 49.4. The lowest BCUT2D eigenvalue weighted by atomic mass is 9.86. The zero-order valence-electron chi connectivity index (χ0n) is 38.1. The summed E-state index contributed by atoms with van der Waals surface area (Å²) >= 11 is 6.63. The molecule has 0 spiro atoms. The molecule has 1 aliphatic carbocycles. The predicted molar refractivity (Wildman–Crippen MR) is 248 cm³/mol. The maximum atomic E-state index is 16.6. The highest BCUT2D eigenvalue weighted by Crippen LogP contribution is 2.42. The van der Waals surface area contributed by atoms with Gasteiger partial charge in [-0.2, -0.15) is 4.98 Å². The van der Waals surface area contributed by atoms with Crippen LogP contribution in [0.3, 0.4) is 0 Å². The fourth-order valence-corrected chi connectivity index (χ4v) is 8.51. The minimum atomic E-state index is -1.36. The van der Waals surface area contributed by atoms with Crippen LogP contribution < -0.4 is 20.3 Å². The second-order valence-corrected chi connectivity index (χ2v) is 17.0. The van der Waals surface area contributed by atoms with Gasteiger partial charge >= 0.3 is 0 Å². The SMILES string of the molecule is C=CC(=O)N1CCN(c2nc(NCCC(=O)N(C)CCOCCOCCOCCOc3ccc4c(c3)C(=O)N(C3CCC(=O)NC3=O)C4=O)nc3c(F)c(C4=C(F)C=C[C@H](C)[C@@H]4O)c(Cl)cc23)CC1. The smallest absolute Gasteiger partial charge is 0.262 e. The summed E-state index contributed by atoms with van der Waals surface area (Å²) in [5.41, 5.74) is -0.478. The molecule has 3 N–H and O–H groups in total. The summed E-state index contributed by atoms with van der Waals surface area (Å²) in [5, 5.41) is 16.2. The number of piperazine rings is 1. The molecule has 2 saturated heterocycles. The number of anilines is 2. The van der Waals surface area contributed by atoms with Crippen LogP contribution >= 0.6 is 11.6 Å². The standard InChI is InChI=1S/C47H53ClF2N8O11/c1-4-36(60)56-13-15-57(16-14-56)43-31-26-32(48)38(39-33(49)8-5-27(2)42(39)62)40(50)41(31)53-47(54-43)51-12-11-37(61)55(3)17-18-66-19-20-67-21-22-68-23-24-69-28-6-7-29-30(25-28)46(65)58(45(29)64)34-9-10-35(59)52-44(34)63/h4-8,25-27,34,42,62H,1,9-24H2,2-3H3,(H,51,53,54)(H,52,59,63)/t27-,34?,42-/m0/s1. The number of hydrogen-bond donors (Lipinski definition) is 3. The van der Waals surface area contributed by atoms with Gasteiger partial charge in [0.2, 0.25) is 29.6 Å². The van der Waals surface area contributed by atoms with Crippen molar-refractivity contribution in [3.63, 3.8) is 0 Å². The van der Waals surface area contributed by atoms with Crippen LogP contribution in [0.5, 0.6) is 5.75 Å². The third-order valence-electron chi connectivity index (χ3n) is 12.1. The number of rotatable bonds is 21. The number of likely N-dealkylation sites (N-methyl/N-ethyl adjacent to an activating group) is 1. The van der Waals surface area contributed by atoms with Gasteiger partial charge in [0.15, 0.2) is 5.82 Å². The molecule has 19 nitrogen and oxygen atoms in total. The molecule has 3 atom stereocenters. The molecule has 2 fully saturated rings. The third kappa shape index (κ3) is 11.6. The maximum Gasteiger partial charge on any atom is 0.262 e. The van der Waals surface area contributed by atoms with E-state index in [-0.39, 0.29) is 128 Å². The van der Waals surface area contributed by atoms with Crippen molar-refractivity contribution in [2.45, 2.75) is 38.3 Å². The number of fused-ring (bicyclic) bond motifs is 2. The van der Waals surface area contributed by atoms with Crippen LogP contribution in [-0.2, 0) is 33.4 Å². The Balaban J connectivity index is 0.814. The van der Waals surface area contributed by atoms with Gasteiger partial charge in [-0.05, 0) is 42.8 Å². The van der Waals surface area contributed by atoms with E-state index in [0.717, 1.165) is 4.90 Å². The van der Waals surface area contributed by atoms with E-state index in [1.54, 1.807) is 24.9 Å². The van der Waals surface area contributed by atoms with Crippen molar-refractivity contribution in [2.75, 3.05) is 103 Å². The van der Waals surface area contributed by atoms with Crippen LogP contribution in [0.1, 0.15) is 52.5 Å². The van der Waals surface area contributed by atoms with E-state index in [1.807, 2.05) is 4.90 Å². The number of halogens is 3. The molecule has 3 aromatic rings. The van der Waals surface area contributed by atoms with Crippen molar-refractivity contribution in [3.05, 3.63) is 82.4 Å². The number of hydrogen-bond acceptors (Lipinski definition) is 15. The van der Waals surface area contributed by atoms with Crippen molar-refractivity contribution in [2.24, 2.45) is 5.92 Å². The number of nitrogens with one attached hydrogen (secondary N) is 2. The summed E-state index contributed by atoms with van der Waals surface area (Å²) in [6.45, 7) is 8.76. The number of carbonyl (C=O) groups excluding carboxylic acids is 6. The highest BCUT2D eigenvalue weighted by atomic mass is 35.5. The quantitative estimate of drug-likeness (QED) is 0.0792. The topological polar surface area (TPSA) is 222 Å². The Morgan fingerprint density at radius 3 is 2.35 bits per heavy atom. The van der Waals surface area contributed by atoms with Crippen molar-refractivity contribution in [1.82, 2.24) is 30.0 Å². The number of ether oxygens (including phenoxy) is 4. The first-order chi connectivity index (χ1) is 33.2. The summed E-state index contributed by atoms with van der Waals surface area (Å²) in [7, 11) is 1.64. The zero-order valence-corrected chi connectivity index (χ0v) is 38.9. The lowest BCUT2D eigenvalue weighted by molar-refractivity contribution is -0.136. The first-order valence-electron chi connectivity index (χ1n) is 22.5. The number of aliphatic hydroxyl groups excluding tert-OH is 1. The number of allylic oxidation sites excluding steroid dienone is 2. The van der Waals surface area contributed by atoms with Gasteiger partial charge in [0.1, 0.15) is 35.6 Å². The van der Waals surface area contributed by atoms with Crippen LogP contribution in [0.25, 0.3) is 16.5 Å². The number of benzene rings is 2. The second kappa shape index (κ2) is 22.8. The lowest BCUT2D eigenvalue weighted by Crippen LogP contribution is -2.54. The highest BCUT2D eigenvalue weighted by molar-refractivity contribution is 6.33. The molecule has 1 unspecified atom stereocenters. The van der Waals surface area contributed by atoms with Gasteiger partial charge in [-0.25, -0.2) is 13.8 Å². The van der Waals surface area contributed by atoms with Crippen LogP contribution in [0.15, 0.2) is 54.9 Å². The maximum absolute atomic E-state index is 16.6. The predicted octanol–water partition coefficient (Wildman–Crippen LogP) is 3.29. The largest absolute Gasteiger partial charge is 0.491 e. The van der Waals surface area contributed by atoms with Gasteiger partial charge in [0.05, 0.1) is 61.9 Å². The number of aromatic nitrogens is 2. The Labute approximate surface area is 401 Å². The third-order valence-corrected chi connectivity index (χ3v) is 12.4. The average molecular weight is 979 g/mol. The lowest BCUT2D eigenvalue weighted by Gasteiger charge is -2.35. The molecule has 1 aromatic heterocycles. The number of carbonyl (C=O) groups is 6. The van der Waals surface area contributed by atoms with Crippen molar-refractivity contribution >= 4 is 75.3 Å². The molecule has 6 amide bonds. The normalized spacial score (nSPS) is 19.3. The van der Waals surface area contributed by atoms with E-state index in [2.05, 4.69) is 27.2 Å². The molecule has 7 rings (SSSR count). The fourth-order valence-electron chi connectivity index (χ4n) is 8.22. The van der Waals surface area contributed by atoms with Gasteiger partial charge in [-0.1, -0.05) is 31.2 Å². The second-order valence-electron chi connectivity index (χ2n) is 16.6. The number of aliphatic hydroxyl groups is 1. The first-order valence-corrected chi connectivity index (χ1v) is 22.9. The van der Waals surface area contributed by atoms with Gasteiger partial charge in [-0.3, -0.25) is 39.0 Å². The van der Waals surface area contributed by atoms with Crippen molar-refractivity contribution in [1.29, 1.82) is 0 Å². The van der Waals surface area contributed by atoms with Gasteiger partial charge in [-0.15, -0.1) is 0 Å². The van der Waals surface area contributed by atoms with Gasteiger partial charge in [0, 0.05) is 81.6 Å². The number of imide groups is 2. The average Bonchev–Trinajstić information content (AvgIpc) is 3.58. The summed E-state index contributed by atoms with van der Waals surface area (Å²) in [5.74, 6) is -4.35. The molecule has 2 aromatic carbocycles. The van der Waals surface area contributed by atoms with E-state index < -0.39 is 53.3 Å². The molecule has 69 heavy (non-hydrogen) atoms. The van der Waals surface area contributed by atoms with E-state index in [0.29, 0.717) is 44.3 Å². The minimum absolute atomic E-state index is 0.00912. The Hall–Kier alpha value is -6.39. The summed E-state index contributed by atoms with van der Waals surface area (Å²) in [4.78, 5) is 90.0. The van der Waals surface area contributed by atoms with Crippen molar-refractivity contribution in [3.8, 4) is 5.75 Å². The highest BCUT2D eigenvalue weighted by Gasteiger charge is 2.45. The van der Waals surface area contributed by atoms with E-state index in [1.165, 1.54) is 41.3 Å². The fraction of sp³-hybridized carbons (Fsp3) is 0.447. The Kier molecular flexibility index (Phi) is 16.7.